The average Bonchev–Trinajstić information content (AvgIpc) is 2.83. The Bertz CT molecular complexity index is 1030. The molecule has 0 spiro atoms. The molecule has 1 atom stereocenters. The van der Waals surface area contributed by atoms with Gasteiger partial charge in [0, 0.05) is 43.6 Å². The molecule has 182 valence electrons. The molecule has 1 aliphatic rings. The Kier molecular flexibility index (Phi) is 8.51. The summed E-state index contributed by atoms with van der Waals surface area (Å²) < 4.78 is 10.7. The van der Waals surface area contributed by atoms with Gasteiger partial charge in [0.05, 0.1) is 14.2 Å². The number of hydrogen-bond donors (Lipinski definition) is 2. The van der Waals surface area contributed by atoms with Crippen molar-refractivity contribution in [1.29, 1.82) is 0 Å². The number of carbonyl (C=O) groups is 3. The molecule has 2 aromatic carbocycles. The van der Waals surface area contributed by atoms with Crippen LogP contribution in [-0.4, -0.2) is 62.0 Å². The molecular weight excluding hydrogens is 434 g/mol. The van der Waals surface area contributed by atoms with Crippen LogP contribution in [0.5, 0.6) is 11.5 Å². The minimum absolute atomic E-state index is 0.00900. The van der Waals surface area contributed by atoms with E-state index in [1.165, 1.54) is 6.92 Å². The van der Waals surface area contributed by atoms with Crippen LogP contribution in [0.4, 0.5) is 0 Å². The number of benzene rings is 2. The highest BCUT2D eigenvalue weighted by atomic mass is 16.5. The van der Waals surface area contributed by atoms with Gasteiger partial charge < -0.3 is 25.0 Å². The second kappa shape index (κ2) is 11.5. The zero-order chi connectivity index (χ0) is 24.7. The largest absolute Gasteiger partial charge is 0.497 e. The van der Waals surface area contributed by atoms with Gasteiger partial charge in [0.15, 0.2) is 0 Å². The van der Waals surface area contributed by atoms with Gasteiger partial charge in [0.2, 0.25) is 11.8 Å². The molecule has 8 heteroatoms. The number of nitrogens with zero attached hydrogens (tertiary/aromatic N) is 1. The van der Waals surface area contributed by atoms with Crippen molar-refractivity contribution in [3.05, 3.63) is 59.2 Å². The molecule has 3 amide bonds. The Morgan fingerprint density at radius 1 is 1.06 bits per heavy atom. The Morgan fingerprint density at radius 2 is 1.79 bits per heavy atom. The third-order valence-corrected chi connectivity index (χ3v) is 6.00. The van der Waals surface area contributed by atoms with Crippen LogP contribution in [0, 0.1) is 6.92 Å². The average molecular weight is 468 g/mol. The van der Waals surface area contributed by atoms with E-state index in [1.54, 1.807) is 32.4 Å². The second-order valence-corrected chi connectivity index (χ2v) is 8.58. The van der Waals surface area contributed by atoms with Crippen molar-refractivity contribution in [3.63, 3.8) is 0 Å². The quantitative estimate of drug-likeness (QED) is 0.622. The van der Waals surface area contributed by atoms with Crippen LogP contribution in [0.2, 0.25) is 0 Å². The molecule has 1 saturated heterocycles. The first-order valence-corrected chi connectivity index (χ1v) is 11.4. The van der Waals surface area contributed by atoms with Gasteiger partial charge in [0.1, 0.15) is 17.5 Å². The highest BCUT2D eigenvalue weighted by Gasteiger charge is 2.28. The molecule has 0 aliphatic carbocycles. The Morgan fingerprint density at radius 3 is 2.41 bits per heavy atom. The smallest absolute Gasteiger partial charge is 0.253 e. The van der Waals surface area contributed by atoms with Crippen LogP contribution in [0.25, 0.3) is 0 Å². The fourth-order valence-corrected chi connectivity index (χ4v) is 4.21. The zero-order valence-corrected chi connectivity index (χ0v) is 20.2. The van der Waals surface area contributed by atoms with Crippen molar-refractivity contribution >= 4 is 17.7 Å². The van der Waals surface area contributed by atoms with E-state index < -0.39 is 6.04 Å². The summed E-state index contributed by atoms with van der Waals surface area (Å²) in [5, 5.41) is 5.80. The molecule has 0 bridgehead atoms. The van der Waals surface area contributed by atoms with Crippen LogP contribution in [0.15, 0.2) is 42.5 Å². The minimum Gasteiger partial charge on any atom is -0.497 e. The topological polar surface area (TPSA) is 97.0 Å². The first-order valence-electron chi connectivity index (χ1n) is 11.4. The number of carbonyl (C=O) groups excluding carboxylic acids is 3. The van der Waals surface area contributed by atoms with Crippen molar-refractivity contribution in [2.45, 2.75) is 45.2 Å². The molecule has 2 aromatic rings. The second-order valence-electron chi connectivity index (χ2n) is 8.58. The van der Waals surface area contributed by atoms with Crippen LogP contribution < -0.4 is 20.1 Å². The summed E-state index contributed by atoms with van der Waals surface area (Å²) in [7, 11) is 3.13. The summed E-state index contributed by atoms with van der Waals surface area (Å²) in [5.41, 5.74) is 2.49. The van der Waals surface area contributed by atoms with Crippen molar-refractivity contribution in [2.24, 2.45) is 0 Å². The predicted molar refractivity (Wildman–Crippen MR) is 129 cm³/mol. The number of aryl methyl sites for hydroxylation is 1. The molecule has 34 heavy (non-hydrogen) atoms. The fourth-order valence-electron chi connectivity index (χ4n) is 4.21. The lowest BCUT2D eigenvalue weighted by atomic mass is 10.0. The van der Waals surface area contributed by atoms with Gasteiger partial charge in [0.25, 0.3) is 5.91 Å². The summed E-state index contributed by atoms with van der Waals surface area (Å²) in [6.07, 6.45) is 1.56. The van der Waals surface area contributed by atoms with Crippen LogP contribution in [0.1, 0.15) is 41.3 Å². The number of amides is 3. The molecule has 3 rings (SSSR count). The maximum absolute atomic E-state index is 13.1. The number of ether oxygens (including phenoxy) is 2. The van der Waals surface area contributed by atoms with E-state index in [-0.39, 0.29) is 30.2 Å². The molecule has 1 fully saturated rings. The van der Waals surface area contributed by atoms with Crippen LogP contribution >= 0.6 is 0 Å². The van der Waals surface area contributed by atoms with E-state index in [1.807, 2.05) is 36.1 Å². The van der Waals surface area contributed by atoms with Crippen LogP contribution in [0.3, 0.4) is 0 Å². The van der Waals surface area contributed by atoms with Crippen LogP contribution in [-0.2, 0) is 16.0 Å². The molecule has 0 unspecified atom stereocenters. The monoisotopic (exact) mass is 467 g/mol. The Balaban J connectivity index is 1.62. The minimum atomic E-state index is -0.759. The SMILES string of the molecule is COc1ccc(OC)c(C[C@@H](NC(C)=O)C(=O)NC2CCN(C(=O)c3cccc(C)c3)CC2)c1. The summed E-state index contributed by atoms with van der Waals surface area (Å²) in [4.78, 5) is 39.5. The maximum atomic E-state index is 13.1. The number of likely N-dealkylation sites (tertiary alicyclic amines) is 1. The molecule has 0 saturated carbocycles. The molecule has 0 aromatic heterocycles. The highest BCUT2D eigenvalue weighted by Crippen LogP contribution is 2.25. The van der Waals surface area contributed by atoms with Crippen molar-refractivity contribution < 1.29 is 23.9 Å². The number of piperidine rings is 1. The fraction of sp³-hybridized carbons (Fsp3) is 0.423. The van der Waals surface area contributed by atoms with Crippen molar-refractivity contribution in [1.82, 2.24) is 15.5 Å². The van der Waals surface area contributed by atoms with Gasteiger partial charge in [-0.25, -0.2) is 0 Å². The summed E-state index contributed by atoms with van der Waals surface area (Å²) in [6, 6.07) is 12.1. The number of hydrogen-bond acceptors (Lipinski definition) is 5. The Labute approximate surface area is 200 Å². The van der Waals surface area contributed by atoms with E-state index in [2.05, 4.69) is 10.6 Å². The van der Waals surface area contributed by atoms with E-state index in [9.17, 15) is 14.4 Å². The first kappa shape index (κ1) is 25.1. The summed E-state index contributed by atoms with van der Waals surface area (Å²) in [6.45, 7) is 4.47. The lowest BCUT2D eigenvalue weighted by molar-refractivity contribution is -0.128. The van der Waals surface area contributed by atoms with Gasteiger partial charge in [-0.15, -0.1) is 0 Å². The first-order chi connectivity index (χ1) is 16.3. The van der Waals surface area contributed by atoms with Gasteiger partial charge in [-0.1, -0.05) is 17.7 Å². The lowest BCUT2D eigenvalue weighted by Gasteiger charge is -2.33. The number of rotatable bonds is 8. The van der Waals surface area contributed by atoms with E-state index in [4.69, 9.17) is 9.47 Å². The normalized spacial score (nSPS) is 14.8. The van der Waals surface area contributed by atoms with E-state index >= 15 is 0 Å². The van der Waals surface area contributed by atoms with E-state index in [0.29, 0.717) is 43.0 Å². The number of methoxy groups -OCH3 is 2. The maximum Gasteiger partial charge on any atom is 0.253 e. The molecule has 1 aliphatic heterocycles. The van der Waals surface area contributed by atoms with Gasteiger partial charge >= 0.3 is 0 Å². The molecular formula is C26H33N3O5. The third kappa shape index (κ3) is 6.50. The van der Waals surface area contributed by atoms with Crippen molar-refractivity contribution in [3.8, 4) is 11.5 Å². The summed E-state index contributed by atoms with van der Waals surface area (Å²) >= 11 is 0. The van der Waals surface area contributed by atoms with E-state index in [0.717, 1.165) is 11.1 Å². The van der Waals surface area contributed by atoms with Gasteiger partial charge in [-0.05, 0) is 50.1 Å². The third-order valence-electron chi connectivity index (χ3n) is 6.00. The lowest BCUT2D eigenvalue weighted by Crippen LogP contribution is -2.53. The molecule has 0 radical (unpaired) electrons. The molecule has 1 heterocycles. The van der Waals surface area contributed by atoms with Gasteiger partial charge in [-0.3, -0.25) is 14.4 Å². The number of nitrogens with one attached hydrogen (secondary N) is 2. The zero-order valence-electron chi connectivity index (χ0n) is 20.2. The van der Waals surface area contributed by atoms with Gasteiger partial charge in [-0.2, -0.15) is 0 Å². The van der Waals surface area contributed by atoms with Crippen molar-refractivity contribution in [2.75, 3.05) is 27.3 Å². The standard InChI is InChI=1S/C26H33N3O5/c1-17-6-5-7-19(14-17)26(32)29-12-10-21(11-13-29)28-25(31)23(27-18(2)30)16-20-15-22(33-3)8-9-24(20)34-4/h5-9,14-15,21,23H,10-13,16H2,1-4H3,(H,27,30)(H,28,31)/t23-/m1/s1. The predicted octanol–water partition coefficient (Wildman–Crippen LogP) is 2.48. The molecule has 2 N–H and O–H groups in total. The Hall–Kier alpha value is -3.55. The molecule has 8 nitrogen and oxygen atoms in total. The summed E-state index contributed by atoms with van der Waals surface area (Å²) in [5.74, 6) is 0.717. The highest BCUT2D eigenvalue weighted by molar-refractivity contribution is 5.94.